The van der Waals surface area contributed by atoms with E-state index in [9.17, 15) is 0 Å². The molecule has 2 aromatic heterocycles. The standard InChI is InChI=1S/C48H32N4/c1-4-14-33(15-5-1)35-26-28-36(29-27-35)43-32-45(49-44-25-11-10-24-42(43)44)39-21-13-23-41(31-39)48-51-46(37-18-8-3-9-19-37)50-47(52-48)40-22-12-20-38(30-40)34-16-6-2-7-17-34/h1-32H. The number of fused-ring (bicyclic) bond motifs is 1. The molecule has 0 saturated heterocycles. The normalized spacial score (nSPS) is 11.1. The smallest absolute Gasteiger partial charge is 0.164 e. The summed E-state index contributed by atoms with van der Waals surface area (Å²) in [6.45, 7) is 0. The highest BCUT2D eigenvalue weighted by Crippen LogP contribution is 2.35. The molecular formula is C48H32N4. The fourth-order valence-corrected chi connectivity index (χ4v) is 6.67. The maximum Gasteiger partial charge on any atom is 0.164 e. The van der Waals surface area contributed by atoms with Crippen LogP contribution in [0, 0.1) is 0 Å². The molecule has 7 aromatic carbocycles. The summed E-state index contributed by atoms with van der Waals surface area (Å²) in [5.41, 5.74) is 12.5. The van der Waals surface area contributed by atoms with Crippen molar-refractivity contribution in [2.75, 3.05) is 0 Å². The number of hydrogen-bond acceptors (Lipinski definition) is 4. The van der Waals surface area contributed by atoms with Gasteiger partial charge in [-0.1, -0.05) is 170 Å². The van der Waals surface area contributed by atoms with Gasteiger partial charge in [0.05, 0.1) is 11.2 Å². The topological polar surface area (TPSA) is 51.6 Å². The number of pyridine rings is 1. The Morgan fingerprint density at radius 2 is 0.673 bits per heavy atom. The van der Waals surface area contributed by atoms with Crippen molar-refractivity contribution < 1.29 is 0 Å². The molecule has 4 nitrogen and oxygen atoms in total. The van der Waals surface area contributed by atoms with E-state index in [2.05, 4.69) is 146 Å². The van der Waals surface area contributed by atoms with Crippen LogP contribution in [0.3, 0.4) is 0 Å². The van der Waals surface area contributed by atoms with E-state index in [-0.39, 0.29) is 0 Å². The molecule has 0 aliphatic rings. The van der Waals surface area contributed by atoms with Crippen LogP contribution in [-0.4, -0.2) is 19.9 Å². The predicted molar refractivity (Wildman–Crippen MR) is 213 cm³/mol. The highest BCUT2D eigenvalue weighted by Gasteiger charge is 2.15. The molecule has 0 radical (unpaired) electrons. The summed E-state index contributed by atoms with van der Waals surface area (Å²) >= 11 is 0. The Morgan fingerprint density at radius 1 is 0.250 bits per heavy atom. The first-order valence-corrected chi connectivity index (χ1v) is 17.4. The molecule has 0 fully saturated rings. The summed E-state index contributed by atoms with van der Waals surface area (Å²) < 4.78 is 0. The molecular weight excluding hydrogens is 633 g/mol. The van der Waals surface area contributed by atoms with Gasteiger partial charge < -0.3 is 0 Å². The average Bonchev–Trinajstić information content (AvgIpc) is 3.24. The number of hydrogen-bond donors (Lipinski definition) is 0. The van der Waals surface area contributed by atoms with Crippen molar-refractivity contribution in [2.45, 2.75) is 0 Å². The van der Waals surface area contributed by atoms with Crippen molar-refractivity contribution in [1.29, 1.82) is 0 Å². The van der Waals surface area contributed by atoms with Crippen molar-refractivity contribution in [3.8, 4) is 78.8 Å². The van der Waals surface area contributed by atoms with Crippen LogP contribution in [-0.2, 0) is 0 Å². The highest BCUT2D eigenvalue weighted by atomic mass is 15.0. The first-order chi connectivity index (χ1) is 25.7. The van der Waals surface area contributed by atoms with Crippen molar-refractivity contribution in [2.24, 2.45) is 0 Å². The highest BCUT2D eigenvalue weighted by molar-refractivity contribution is 5.97. The van der Waals surface area contributed by atoms with Crippen LogP contribution in [0.1, 0.15) is 0 Å². The predicted octanol–water partition coefficient (Wildman–Crippen LogP) is 12.1. The van der Waals surface area contributed by atoms with Gasteiger partial charge in [-0.25, -0.2) is 19.9 Å². The lowest BCUT2D eigenvalue weighted by molar-refractivity contribution is 1.07. The minimum atomic E-state index is 0.605. The Labute approximate surface area is 302 Å². The molecule has 2 heterocycles. The molecule has 0 atom stereocenters. The van der Waals surface area contributed by atoms with E-state index in [0.29, 0.717) is 17.5 Å². The molecule has 244 valence electrons. The maximum atomic E-state index is 5.15. The van der Waals surface area contributed by atoms with Gasteiger partial charge >= 0.3 is 0 Å². The van der Waals surface area contributed by atoms with Crippen LogP contribution in [0.25, 0.3) is 89.7 Å². The van der Waals surface area contributed by atoms with Crippen molar-refractivity contribution >= 4 is 10.9 Å². The lowest BCUT2D eigenvalue weighted by Gasteiger charge is -2.13. The number of nitrogens with zero attached hydrogens (tertiary/aromatic N) is 4. The second kappa shape index (κ2) is 13.7. The van der Waals surface area contributed by atoms with Gasteiger partial charge in [0.15, 0.2) is 17.5 Å². The maximum absolute atomic E-state index is 5.15. The largest absolute Gasteiger partial charge is 0.248 e. The fourth-order valence-electron chi connectivity index (χ4n) is 6.67. The number of benzene rings is 7. The van der Waals surface area contributed by atoms with E-state index in [1.54, 1.807) is 0 Å². The Kier molecular flexibility index (Phi) is 8.16. The summed E-state index contributed by atoms with van der Waals surface area (Å²) in [6.07, 6.45) is 0. The molecule has 4 heteroatoms. The number of rotatable bonds is 7. The monoisotopic (exact) mass is 664 g/mol. The number of para-hydroxylation sites is 1. The molecule has 52 heavy (non-hydrogen) atoms. The summed E-state index contributed by atoms with van der Waals surface area (Å²) in [5.74, 6) is 1.85. The van der Waals surface area contributed by atoms with Crippen molar-refractivity contribution in [1.82, 2.24) is 19.9 Å². The minimum Gasteiger partial charge on any atom is -0.248 e. The Bertz CT molecular complexity index is 2650. The minimum absolute atomic E-state index is 0.605. The third kappa shape index (κ3) is 6.26. The quantitative estimate of drug-likeness (QED) is 0.170. The van der Waals surface area contributed by atoms with E-state index < -0.39 is 0 Å². The lowest BCUT2D eigenvalue weighted by Crippen LogP contribution is -2.00. The second-order valence-electron chi connectivity index (χ2n) is 12.7. The zero-order valence-electron chi connectivity index (χ0n) is 28.3. The van der Waals surface area contributed by atoms with E-state index in [1.807, 2.05) is 48.5 Å². The molecule has 9 aromatic rings. The van der Waals surface area contributed by atoms with Crippen molar-refractivity contribution in [3.05, 3.63) is 194 Å². The third-order valence-electron chi connectivity index (χ3n) is 9.33. The Balaban J connectivity index is 1.14. The second-order valence-corrected chi connectivity index (χ2v) is 12.7. The van der Waals surface area contributed by atoms with Gasteiger partial charge in [-0.15, -0.1) is 0 Å². The van der Waals surface area contributed by atoms with Gasteiger partial charge in [-0.3, -0.25) is 0 Å². The van der Waals surface area contributed by atoms with Crippen LogP contribution in [0.4, 0.5) is 0 Å². The SMILES string of the molecule is c1ccc(-c2ccc(-c3cc(-c4cccc(-c5nc(-c6ccccc6)nc(-c6cccc(-c7ccccc7)c6)n5)c4)nc4ccccc34)cc2)cc1. The van der Waals surface area contributed by atoms with Gasteiger partial charge in [0.2, 0.25) is 0 Å². The Hall–Kier alpha value is -7.04. The van der Waals surface area contributed by atoms with Gasteiger partial charge in [0.1, 0.15) is 0 Å². The van der Waals surface area contributed by atoms with Crippen molar-refractivity contribution in [3.63, 3.8) is 0 Å². The van der Waals surface area contributed by atoms with Gasteiger partial charge in [0.25, 0.3) is 0 Å². The molecule has 0 aliphatic heterocycles. The summed E-state index contributed by atoms with van der Waals surface area (Å²) in [5, 5.41) is 1.11. The van der Waals surface area contributed by atoms with Crippen LogP contribution in [0.5, 0.6) is 0 Å². The van der Waals surface area contributed by atoms with Gasteiger partial charge in [0, 0.05) is 27.6 Å². The first-order valence-electron chi connectivity index (χ1n) is 17.4. The third-order valence-corrected chi connectivity index (χ3v) is 9.33. The van der Waals surface area contributed by atoms with E-state index in [4.69, 9.17) is 19.9 Å². The van der Waals surface area contributed by atoms with Crippen LogP contribution >= 0.6 is 0 Å². The van der Waals surface area contributed by atoms with Crippen LogP contribution < -0.4 is 0 Å². The van der Waals surface area contributed by atoms with Crippen LogP contribution in [0.15, 0.2) is 194 Å². The molecule has 0 saturated carbocycles. The van der Waals surface area contributed by atoms with E-state index >= 15 is 0 Å². The fraction of sp³-hybridized carbons (Fsp3) is 0. The van der Waals surface area contributed by atoms with Gasteiger partial charge in [-0.2, -0.15) is 0 Å². The zero-order chi connectivity index (χ0) is 34.7. The molecule has 0 N–H and O–H groups in total. The summed E-state index contributed by atoms with van der Waals surface area (Å²) in [6, 6.07) is 67.0. The molecule has 0 amide bonds. The van der Waals surface area contributed by atoms with E-state index in [0.717, 1.165) is 61.1 Å². The zero-order valence-corrected chi connectivity index (χ0v) is 28.3. The molecule has 0 bridgehead atoms. The average molecular weight is 665 g/mol. The molecule has 0 unspecified atom stereocenters. The van der Waals surface area contributed by atoms with Crippen LogP contribution in [0.2, 0.25) is 0 Å². The summed E-state index contributed by atoms with van der Waals surface area (Å²) in [4.78, 5) is 20.2. The Morgan fingerprint density at radius 3 is 1.31 bits per heavy atom. The van der Waals surface area contributed by atoms with E-state index in [1.165, 1.54) is 11.1 Å². The number of aromatic nitrogens is 4. The lowest BCUT2D eigenvalue weighted by atomic mass is 9.96. The first kappa shape index (κ1) is 31.0. The van der Waals surface area contributed by atoms with Gasteiger partial charge in [-0.05, 0) is 57.6 Å². The molecule has 0 aliphatic carbocycles. The molecule has 9 rings (SSSR count). The summed E-state index contributed by atoms with van der Waals surface area (Å²) in [7, 11) is 0. The molecule has 0 spiro atoms.